The maximum absolute atomic E-state index is 12.5. The zero-order chi connectivity index (χ0) is 19.2. The summed E-state index contributed by atoms with van der Waals surface area (Å²) >= 11 is 1.59. The van der Waals surface area contributed by atoms with Gasteiger partial charge in [0.05, 0.1) is 23.0 Å². The molecular formula is C20H23N3O3S. The minimum Gasteiger partial charge on any atom is -0.487 e. The van der Waals surface area contributed by atoms with Crippen LogP contribution in [0.3, 0.4) is 0 Å². The third kappa shape index (κ3) is 5.18. The van der Waals surface area contributed by atoms with E-state index in [1.165, 1.54) is 0 Å². The van der Waals surface area contributed by atoms with Crippen LogP contribution < -0.4 is 10.1 Å². The van der Waals surface area contributed by atoms with Crippen molar-refractivity contribution in [3.05, 3.63) is 70.1 Å². The Labute approximate surface area is 162 Å². The van der Waals surface area contributed by atoms with Crippen LogP contribution in [-0.2, 0) is 6.61 Å². The van der Waals surface area contributed by atoms with Gasteiger partial charge in [-0.05, 0) is 51.4 Å². The van der Waals surface area contributed by atoms with Gasteiger partial charge in [0.25, 0.3) is 5.91 Å². The highest BCUT2D eigenvalue weighted by molar-refractivity contribution is 7.09. The molecule has 0 aliphatic heterocycles. The van der Waals surface area contributed by atoms with Gasteiger partial charge in [0, 0.05) is 17.5 Å². The highest BCUT2D eigenvalue weighted by atomic mass is 32.1. The zero-order valence-electron chi connectivity index (χ0n) is 15.6. The molecule has 27 heavy (non-hydrogen) atoms. The van der Waals surface area contributed by atoms with Gasteiger partial charge in [0.15, 0.2) is 0 Å². The van der Waals surface area contributed by atoms with Crippen molar-refractivity contribution < 1.29 is 13.9 Å². The zero-order valence-corrected chi connectivity index (χ0v) is 16.5. The Kier molecular flexibility index (Phi) is 6.26. The van der Waals surface area contributed by atoms with Gasteiger partial charge in [0.2, 0.25) is 0 Å². The third-order valence-electron chi connectivity index (χ3n) is 4.10. The van der Waals surface area contributed by atoms with Gasteiger partial charge in [-0.15, -0.1) is 11.3 Å². The van der Waals surface area contributed by atoms with Crippen molar-refractivity contribution in [2.24, 2.45) is 0 Å². The lowest BCUT2D eigenvalue weighted by molar-refractivity contribution is 0.0938. The van der Waals surface area contributed by atoms with Gasteiger partial charge in [-0.1, -0.05) is 6.07 Å². The van der Waals surface area contributed by atoms with Crippen LogP contribution in [0.2, 0.25) is 0 Å². The first-order chi connectivity index (χ1) is 13.0. The lowest BCUT2D eigenvalue weighted by Crippen LogP contribution is -2.34. The summed E-state index contributed by atoms with van der Waals surface area (Å²) in [6, 6.07) is 10.9. The Bertz CT molecular complexity index is 874. The standard InChI is InChI=1S/C20H23N3O3S/c1-14-22-16(13-27-14)12-26-17-7-4-6-15(10-17)20(24)21-11-18(23(2)3)19-8-5-9-25-19/h4-10,13,18H,11-12H2,1-3H3,(H,21,24). The van der Waals surface area contributed by atoms with E-state index in [2.05, 4.69) is 10.3 Å². The fraction of sp³-hybridized carbons (Fsp3) is 0.300. The van der Waals surface area contributed by atoms with Crippen LogP contribution in [0.25, 0.3) is 0 Å². The van der Waals surface area contributed by atoms with Crippen molar-refractivity contribution in [3.63, 3.8) is 0 Å². The molecule has 0 saturated heterocycles. The molecule has 1 unspecified atom stereocenters. The van der Waals surface area contributed by atoms with Crippen LogP contribution in [0.15, 0.2) is 52.5 Å². The molecule has 0 fully saturated rings. The monoisotopic (exact) mass is 385 g/mol. The summed E-state index contributed by atoms with van der Waals surface area (Å²) in [7, 11) is 3.90. The Morgan fingerprint density at radius 1 is 1.33 bits per heavy atom. The summed E-state index contributed by atoms with van der Waals surface area (Å²) in [5, 5.41) is 5.95. The first kappa shape index (κ1) is 19.1. The van der Waals surface area contributed by atoms with Gasteiger partial charge in [-0.25, -0.2) is 4.98 Å². The van der Waals surface area contributed by atoms with Crippen molar-refractivity contribution in [1.82, 2.24) is 15.2 Å². The lowest BCUT2D eigenvalue weighted by atomic mass is 10.1. The largest absolute Gasteiger partial charge is 0.487 e. The highest BCUT2D eigenvalue weighted by Crippen LogP contribution is 2.19. The SMILES string of the molecule is Cc1nc(COc2cccc(C(=O)NCC(c3ccco3)N(C)C)c2)cs1. The average Bonchev–Trinajstić information content (AvgIpc) is 3.32. The number of furan rings is 1. The molecule has 3 aromatic rings. The second-order valence-corrected chi connectivity index (χ2v) is 7.44. The number of nitrogens with one attached hydrogen (secondary N) is 1. The average molecular weight is 385 g/mol. The minimum atomic E-state index is -0.150. The van der Waals surface area contributed by atoms with Crippen LogP contribution in [0.4, 0.5) is 0 Å². The number of carbonyl (C=O) groups is 1. The number of hydrogen-bond acceptors (Lipinski definition) is 6. The highest BCUT2D eigenvalue weighted by Gasteiger charge is 2.18. The smallest absolute Gasteiger partial charge is 0.251 e. The fourth-order valence-corrected chi connectivity index (χ4v) is 3.27. The van der Waals surface area contributed by atoms with E-state index < -0.39 is 0 Å². The molecule has 1 amide bonds. The van der Waals surface area contributed by atoms with E-state index in [0.717, 1.165) is 16.5 Å². The molecule has 0 saturated carbocycles. The summed E-state index contributed by atoms with van der Waals surface area (Å²) < 4.78 is 11.2. The maximum atomic E-state index is 12.5. The van der Waals surface area contributed by atoms with E-state index in [1.807, 2.05) is 55.6 Å². The van der Waals surface area contributed by atoms with Crippen molar-refractivity contribution in [3.8, 4) is 5.75 Å². The van der Waals surface area contributed by atoms with Gasteiger partial charge in [-0.2, -0.15) is 0 Å². The predicted octanol–water partition coefficient (Wildman–Crippen LogP) is 3.66. The molecule has 0 radical (unpaired) electrons. The number of benzene rings is 1. The number of aryl methyl sites for hydroxylation is 1. The molecule has 6 nitrogen and oxygen atoms in total. The third-order valence-corrected chi connectivity index (χ3v) is 4.92. The second-order valence-electron chi connectivity index (χ2n) is 6.38. The number of aromatic nitrogens is 1. The van der Waals surface area contributed by atoms with E-state index in [4.69, 9.17) is 9.15 Å². The normalized spacial score (nSPS) is 12.1. The van der Waals surface area contributed by atoms with E-state index in [-0.39, 0.29) is 11.9 Å². The first-order valence-electron chi connectivity index (χ1n) is 8.65. The van der Waals surface area contributed by atoms with Crippen molar-refractivity contribution >= 4 is 17.2 Å². The molecule has 142 valence electrons. The van der Waals surface area contributed by atoms with Gasteiger partial charge in [-0.3, -0.25) is 9.69 Å². The molecule has 0 bridgehead atoms. The molecule has 0 spiro atoms. The molecule has 1 atom stereocenters. The molecule has 2 heterocycles. The molecule has 3 rings (SSSR count). The number of thiazole rings is 1. The van der Waals surface area contributed by atoms with E-state index in [0.29, 0.717) is 24.5 Å². The van der Waals surface area contributed by atoms with Crippen LogP contribution in [0, 0.1) is 6.92 Å². The molecule has 0 aliphatic rings. The number of carbonyl (C=O) groups excluding carboxylic acids is 1. The summed E-state index contributed by atoms with van der Waals surface area (Å²) in [6.07, 6.45) is 1.64. The molecule has 7 heteroatoms. The van der Waals surface area contributed by atoms with E-state index >= 15 is 0 Å². The Balaban J connectivity index is 1.59. The molecule has 1 aromatic carbocycles. The quantitative estimate of drug-likeness (QED) is 0.641. The first-order valence-corrected chi connectivity index (χ1v) is 9.53. The van der Waals surface area contributed by atoms with Gasteiger partial charge in [0.1, 0.15) is 18.1 Å². The predicted molar refractivity (Wildman–Crippen MR) is 105 cm³/mol. The number of nitrogens with zero attached hydrogens (tertiary/aromatic N) is 2. The van der Waals surface area contributed by atoms with Gasteiger partial charge < -0.3 is 14.5 Å². The van der Waals surface area contributed by atoms with Crippen molar-refractivity contribution in [2.45, 2.75) is 19.6 Å². The topological polar surface area (TPSA) is 67.6 Å². The van der Waals surface area contributed by atoms with Gasteiger partial charge >= 0.3 is 0 Å². The lowest BCUT2D eigenvalue weighted by Gasteiger charge is -2.22. The van der Waals surface area contributed by atoms with Crippen LogP contribution >= 0.6 is 11.3 Å². The van der Waals surface area contributed by atoms with E-state index in [1.54, 1.807) is 29.7 Å². The summed E-state index contributed by atoms with van der Waals surface area (Å²) in [5.74, 6) is 1.31. The molecule has 0 aliphatic carbocycles. The Morgan fingerprint density at radius 3 is 2.85 bits per heavy atom. The maximum Gasteiger partial charge on any atom is 0.251 e. The Morgan fingerprint density at radius 2 is 2.19 bits per heavy atom. The Hall–Kier alpha value is -2.64. The molecule has 2 aromatic heterocycles. The molecular weight excluding hydrogens is 362 g/mol. The summed E-state index contributed by atoms with van der Waals surface area (Å²) in [6.45, 7) is 2.79. The summed E-state index contributed by atoms with van der Waals surface area (Å²) in [4.78, 5) is 18.9. The summed E-state index contributed by atoms with van der Waals surface area (Å²) in [5.41, 5.74) is 1.44. The van der Waals surface area contributed by atoms with E-state index in [9.17, 15) is 4.79 Å². The van der Waals surface area contributed by atoms with Crippen molar-refractivity contribution in [1.29, 1.82) is 0 Å². The second kappa shape index (κ2) is 8.83. The minimum absolute atomic E-state index is 0.0312. The van der Waals surface area contributed by atoms with Crippen LogP contribution in [0.1, 0.15) is 32.9 Å². The van der Waals surface area contributed by atoms with Crippen LogP contribution in [-0.4, -0.2) is 36.4 Å². The number of hydrogen-bond donors (Lipinski definition) is 1. The van der Waals surface area contributed by atoms with Crippen molar-refractivity contribution in [2.75, 3.05) is 20.6 Å². The number of likely N-dealkylation sites (N-methyl/N-ethyl adjacent to an activating group) is 1. The number of amides is 1. The molecule has 1 N–H and O–H groups in total. The fourth-order valence-electron chi connectivity index (χ4n) is 2.67. The number of rotatable bonds is 8. The van der Waals surface area contributed by atoms with Crippen LogP contribution in [0.5, 0.6) is 5.75 Å². The number of ether oxygens (including phenoxy) is 1.